The summed E-state index contributed by atoms with van der Waals surface area (Å²) in [6.07, 6.45) is 5.31. The number of nitrogens with one attached hydrogen (secondary N) is 1. The topological polar surface area (TPSA) is 69.4 Å². The molecule has 26 heavy (non-hydrogen) atoms. The highest BCUT2D eigenvalue weighted by atomic mass is 32.2. The van der Waals surface area contributed by atoms with Crippen molar-refractivity contribution in [3.63, 3.8) is 0 Å². The molecule has 1 atom stereocenters. The molecule has 1 aromatic heterocycles. The average Bonchev–Trinajstić information content (AvgIpc) is 3.30. The minimum Gasteiger partial charge on any atom is -0.278 e. The summed E-state index contributed by atoms with van der Waals surface area (Å²) < 4.78 is 13.2. The number of hydrogen-bond acceptors (Lipinski definition) is 6. The normalized spacial score (nSPS) is 21.5. The van der Waals surface area contributed by atoms with Gasteiger partial charge in [0.15, 0.2) is 10.3 Å². The monoisotopic (exact) mass is 384 g/mol. The van der Waals surface area contributed by atoms with Crippen LogP contribution in [0.1, 0.15) is 12.5 Å². The number of rotatable bonds is 3. The third kappa shape index (κ3) is 3.02. The molecule has 130 valence electrons. The molecule has 0 spiro atoms. The predicted octanol–water partition coefficient (Wildman–Crippen LogP) is 4.00. The van der Waals surface area contributed by atoms with Crippen molar-refractivity contribution < 1.29 is 9.18 Å². The smallest absolute Gasteiger partial charge is 0.273 e. The van der Waals surface area contributed by atoms with Gasteiger partial charge in [0, 0.05) is 17.1 Å². The Hall–Kier alpha value is -2.58. The molecule has 0 aliphatic carbocycles. The fourth-order valence-corrected chi connectivity index (χ4v) is 4.28. The second-order valence-electron chi connectivity index (χ2n) is 5.72. The maximum absolute atomic E-state index is 13.2. The number of carbonyl (C=O) groups excluding carboxylic acids is 1. The Morgan fingerprint density at radius 1 is 1.31 bits per heavy atom. The second kappa shape index (κ2) is 6.62. The highest BCUT2D eigenvalue weighted by Crippen LogP contribution is 2.36. The number of aromatic nitrogens is 1. The first-order valence-corrected chi connectivity index (χ1v) is 9.50. The molecule has 5 nitrogen and oxygen atoms in total. The molecule has 1 amide bonds. The number of halogens is 1. The fraction of sp³-hybridized carbons (Fsp3) is 0.111. The van der Waals surface area contributed by atoms with Crippen LogP contribution in [0.2, 0.25) is 0 Å². The van der Waals surface area contributed by atoms with Crippen LogP contribution in [0, 0.1) is 11.2 Å². The van der Waals surface area contributed by atoms with E-state index >= 15 is 0 Å². The zero-order valence-electron chi connectivity index (χ0n) is 13.6. The van der Waals surface area contributed by atoms with Crippen LogP contribution in [0.25, 0.3) is 0 Å². The van der Waals surface area contributed by atoms with Gasteiger partial charge >= 0.3 is 0 Å². The first kappa shape index (κ1) is 16.9. The summed E-state index contributed by atoms with van der Waals surface area (Å²) in [6, 6.07) is 6.10. The molecule has 1 fully saturated rings. The van der Waals surface area contributed by atoms with Crippen LogP contribution in [-0.2, 0) is 4.79 Å². The summed E-state index contributed by atoms with van der Waals surface area (Å²) in [5.74, 6) is -0.577. The van der Waals surface area contributed by atoms with E-state index in [2.05, 4.69) is 9.98 Å². The number of benzene rings is 1. The lowest BCUT2D eigenvalue weighted by atomic mass is 10.0. The summed E-state index contributed by atoms with van der Waals surface area (Å²) in [4.78, 5) is 23.2. The number of allylic oxidation sites excluding steroid dienone is 2. The van der Waals surface area contributed by atoms with Crippen molar-refractivity contribution in [3.05, 3.63) is 69.9 Å². The Morgan fingerprint density at radius 2 is 2.08 bits per heavy atom. The summed E-state index contributed by atoms with van der Waals surface area (Å²) >= 11 is 2.41. The molecule has 1 saturated heterocycles. The number of carbonyl (C=O) groups is 1. The van der Waals surface area contributed by atoms with Crippen molar-refractivity contribution in [2.75, 3.05) is 4.90 Å². The Kier molecular flexibility index (Phi) is 4.29. The van der Waals surface area contributed by atoms with E-state index in [4.69, 9.17) is 5.41 Å². The van der Waals surface area contributed by atoms with Gasteiger partial charge in [-0.2, -0.15) is 0 Å². The lowest BCUT2D eigenvalue weighted by Gasteiger charge is -2.09. The van der Waals surface area contributed by atoms with Crippen LogP contribution >= 0.6 is 23.1 Å². The number of anilines is 1. The van der Waals surface area contributed by atoms with Crippen molar-refractivity contribution in [1.29, 1.82) is 5.41 Å². The van der Waals surface area contributed by atoms with Crippen LogP contribution in [-0.4, -0.2) is 27.8 Å². The quantitative estimate of drug-likeness (QED) is 0.813. The number of amides is 1. The van der Waals surface area contributed by atoms with Crippen LogP contribution in [0.5, 0.6) is 0 Å². The number of amidine groups is 1. The van der Waals surface area contributed by atoms with E-state index in [9.17, 15) is 9.18 Å². The first-order chi connectivity index (χ1) is 12.5. The highest BCUT2D eigenvalue weighted by molar-refractivity contribution is 8.19. The van der Waals surface area contributed by atoms with Gasteiger partial charge in [0.1, 0.15) is 5.82 Å². The van der Waals surface area contributed by atoms with Crippen LogP contribution in [0.3, 0.4) is 0 Å². The van der Waals surface area contributed by atoms with E-state index in [1.807, 2.05) is 13.0 Å². The molecule has 2 aromatic rings. The summed E-state index contributed by atoms with van der Waals surface area (Å²) in [5, 5.41) is 10.5. The van der Waals surface area contributed by atoms with E-state index in [1.54, 1.807) is 29.8 Å². The molecule has 2 aliphatic heterocycles. The average molecular weight is 384 g/mol. The summed E-state index contributed by atoms with van der Waals surface area (Å²) in [6.45, 7) is 1.95. The maximum atomic E-state index is 13.2. The minimum absolute atomic E-state index is 0.0297. The molecule has 0 saturated carbocycles. The zero-order chi connectivity index (χ0) is 18.3. The predicted molar refractivity (Wildman–Crippen MR) is 103 cm³/mol. The zero-order valence-corrected chi connectivity index (χ0v) is 15.3. The Morgan fingerprint density at radius 3 is 2.77 bits per heavy atom. The lowest BCUT2D eigenvalue weighted by molar-refractivity contribution is -0.113. The van der Waals surface area contributed by atoms with Gasteiger partial charge in [0.05, 0.1) is 16.7 Å². The van der Waals surface area contributed by atoms with Gasteiger partial charge in [-0.05, 0) is 54.6 Å². The van der Waals surface area contributed by atoms with E-state index in [1.165, 1.54) is 28.4 Å². The highest BCUT2D eigenvalue weighted by Gasteiger charge is 2.35. The van der Waals surface area contributed by atoms with Gasteiger partial charge < -0.3 is 0 Å². The number of nitrogens with zero attached hydrogens (tertiary/aromatic N) is 3. The van der Waals surface area contributed by atoms with Crippen molar-refractivity contribution >= 4 is 45.0 Å². The largest absolute Gasteiger partial charge is 0.278 e. The van der Waals surface area contributed by atoms with Gasteiger partial charge in [0.2, 0.25) is 0 Å². The standard InChI is InChI=1S/C18H13FN4OS2/c1-10-8-12(15(22-10)11-2-4-13(19)5-3-11)9-14-16(24)23(17(20)26-14)18-21-6-7-25-18/h2-10,20H,1H3/b14-9-,20-17?. The van der Waals surface area contributed by atoms with Gasteiger partial charge in [0.25, 0.3) is 5.91 Å². The molecule has 4 rings (SSSR count). The van der Waals surface area contributed by atoms with Gasteiger partial charge in [-0.15, -0.1) is 11.3 Å². The number of hydrogen-bond donors (Lipinski definition) is 1. The Labute approximate surface area is 157 Å². The molecular weight excluding hydrogens is 371 g/mol. The SMILES string of the molecule is CC1C=C(/C=C2\SC(=N)N(c3nccs3)C2=O)C(c2ccc(F)cc2)=N1. The number of thioether (sulfide) groups is 1. The molecule has 3 heterocycles. The molecule has 2 aliphatic rings. The van der Waals surface area contributed by atoms with E-state index in [0.717, 1.165) is 28.6 Å². The summed E-state index contributed by atoms with van der Waals surface area (Å²) in [5.41, 5.74) is 2.31. The van der Waals surface area contributed by atoms with Crippen LogP contribution in [0.15, 0.2) is 63.5 Å². The molecule has 1 N–H and O–H groups in total. The molecule has 1 unspecified atom stereocenters. The van der Waals surface area contributed by atoms with E-state index < -0.39 is 0 Å². The lowest BCUT2D eigenvalue weighted by Crippen LogP contribution is -2.27. The van der Waals surface area contributed by atoms with Gasteiger partial charge in [-0.25, -0.2) is 14.3 Å². The molecule has 8 heteroatoms. The number of aliphatic imine (C=N–C) groups is 1. The molecule has 1 aromatic carbocycles. The first-order valence-electron chi connectivity index (χ1n) is 7.81. The second-order valence-corrected chi connectivity index (χ2v) is 7.62. The van der Waals surface area contributed by atoms with Gasteiger partial charge in [-0.1, -0.05) is 6.08 Å². The Balaban J connectivity index is 1.66. The van der Waals surface area contributed by atoms with Crippen molar-refractivity contribution in [3.8, 4) is 0 Å². The minimum atomic E-state index is -0.307. The maximum Gasteiger partial charge on any atom is 0.273 e. The molecular formula is C18H13FN4OS2. The third-order valence-corrected chi connectivity index (χ3v) is 5.51. The summed E-state index contributed by atoms with van der Waals surface area (Å²) in [7, 11) is 0. The molecule has 0 bridgehead atoms. The van der Waals surface area contributed by atoms with Gasteiger partial charge in [-0.3, -0.25) is 15.2 Å². The fourth-order valence-electron chi connectivity index (χ4n) is 2.75. The van der Waals surface area contributed by atoms with Crippen LogP contribution < -0.4 is 4.90 Å². The van der Waals surface area contributed by atoms with E-state index in [-0.39, 0.29) is 22.9 Å². The van der Waals surface area contributed by atoms with Crippen molar-refractivity contribution in [2.24, 2.45) is 4.99 Å². The molecule has 0 radical (unpaired) electrons. The van der Waals surface area contributed by atoms with Crippen molar-refractivity contribution in [1.82, 2.24) is 4.98 Å². The number of thiazole rings is 1. The van der Waals surface area contributed by atoms with Crippen LogP contribution in [0.4, 0.5) is 9.52 Å². The third-order valence-electron chi connectivity index (χ3n) is 3.87. The van der Waals surface area contributed by atoms with Crippen molar-refractivity contribution in [2.45, 2.75) is 13.0 Å². The Bertz CT molecular complexity index is 977. The van der Waals surface area contributed by atoms with E-state index in [0.29, 0.717) is 10.0 Å².